The molecular formula is C13H13F2NO3. The lowest BCUT2D eigenvalue weighted by molar-refractivity contribution is -0.142. The first-order chi connectivity index (χ1) is 9.02. The fourth-order valence-electron chi connectivity index (χ4n) is 1.18. The van der Waals surface area contributed by atoms with Crippen molar-refractivity contribution in [2.45, 2.75) is 13.3 Å². The summed E-state index contributed by atoms with van der Waals surface area (Å²) in [6.45, 7) is 1.30. The number of carbonyl (C=O) groups is 2. The van der Waals surface area contributed by atoms with Crippen molar-refractivity contribution in [1.82, 2.24) is 0 Å². The Hall–Kier alpha value is -2.24. The van der Waals surface area contributed by atoms with Gasteiger partial charge in [0.05, 0.1) is 5.69 Å². The van der Waals surface area contributed by atoms with Crippen LogP contribution in [0.25, 0.3) is 0 Å². The zero-order valence-corrected chi connectivity index (χ0v) is 10.3. The molecule has 0 radical (unpaired) electrons. The lowest BCUT2D eigenvalue weighted by Gasteiger charge is -2.06. The monoisotopic (exact) mass is 269 g/mol. The maximum absolute atomic E-state index is 13.2. The summed E-state index contributed by atoms with van der Waals surface area (Å²) >= 11 is 0. The van der Waals surface area contributed by atoms with Gasteiger partial charge in [0.2, 0.25) is 0 Å². The molecule has 0 spiro atoms. The van der Waals surface area contributed by atoms with E-state index in [1.165, 1.54) is 6.08 Å². The minimum Gasteiger partial charge on any atom is -0.452 e. The third-order valence-electron chi connectivity index (χ3n) is 2.04. The number of halogens is 2. The minimum absolute atomic E-state index is 0.174. The van der Waals surface area contributed by atoms with Crippen molar-refractivity contribution in [3.63, 3.8) is 0 Å². The summed E-state index contributed by atoms with van der Waals surface area (Å²) in [5.41, 5.74) is -0.174. The summed E-state index contributed by atoms with van der Waals surface area (Å²) in [5.74, 6) is -3.00. The van der Waals surface area contributed by atoms with Gasteiger partial charge >= 0.3 is 5.97 Å². The number of anilines is 1. The van der Waals surface area contributed by atoms with Crippen molar-refractivity contribution < 1.29 is 23.1 Å². The lowest BCUT2D eigenvalue weighted by atomic mass is 10.3. The Morgan fingerprint density at radius 3 is 2.74 bits per heavy atom. The standard InChI is InChI=1S/C13H13F2NO3/c1-2-3-4-13(18)19-8-12(17)16-11-6-5-9(14)7-10(11)15/h3-7H,2,8H2,1H3,(H,16,17)/b4-3+. The number of carbonyl (C=O) groups excluding carboxylic acids is 2. The molecule has 1 aromatic carbocycles. The van der Waals surface area contributed by atoms with E-state index in [9.17, 15) is 18.4 Å². The van der Waals surface area contributed by atoms with Gasteiger partial charge in [0.1, 0.15) is 11.6 Å². The number of hydrogen-bond donors (Lipinski definition) is 1. The predicted molar refractivity (Wildman–Crippen MR) is 65.4 cm³/mol. The second-order valence-electron chi connectivity index (χ2n) is 3.59. The van der Waals surface area contributed by atoms with E-state index in [1.807, 2.05) is 6.92 Å². The summed E-state index contributed by atoms with van der Waals surface area (Å²) in [5, 5.41) is 2.17. The normalized spacial score (nSPS) is 10.5. The maximum atomic E-state index is 13.2. The van der Waals surface area contributed by atoms with Crippen LogP contribution in [0.5, 0.6) is 0 Å². The number of hydrogen-bond acceptors (Lipinski definition) is 3. The van der Waals surface area contributed by atoms with Crippen LogP contribution in [0.1, 0.15) is 13.3 Å². The largest absolute Gasteiger partial charge is 0.452 e. The smallest absolute Gasteiger partial charge is 0.330 e. The molecule has 0 aliphatic carbocycles. The molecule has 1 rings (SSSR count). The number of rotatable bonds is 5. The van der Waals surface area contributed by atoms with Gasteiger partial charge < -0.3 is 10.1 Å². The molecule has 0 saturated heterocycles. The Labute approximate surface area is 109 Å². The maximum Gasteiger partial charge on any atom is 0.330 e. The van der Waals surface area contributed by atoms with Gasteiger partial charge in [-0.2, -0.15) is 0 Å². The fraction of sp³-hybridized carbons (Fsp3) is 0.231. The molecule has 1 amide bonds. The van der Waals surface area contributed by atoms with Crippen LogP contribution in [0.3, 0.4) is 0 Å². The molecule has 1 N–H and O–H groups in total. The van der Waals surface area contributed by atoms with Crippen LogP contribution in [-0.2, 0) is 14.3 Å². The van der Waals surface area contributed by atoms with Gasteiger partial charge in [0.25, 0.3) is 5.91 Å². The molecule has 0 atom stereocenters. The highest BCUT2D eigenvalue weighted by Crippen LogP contribution is 2.14. The van der Waals surface area contributed by atoms with Gasteiger partial charge in [-0.05, 0) is 18.6 Å². The number of amides is 1. The predicted octanol–water partition coefficient (Wildman–Crippen LogP) is 2.41. The van der Waals surface area contributed by atoms with E-state index in [2.05, 4.69) is 10.1 Å². The number of ether oxygens (including phenoxy) is 1. The Morgan fingerprint density at radius 2 is 2.11 bits per heavy atom. The van der Waals surface area contributed by atoms with E-state index < -0.39 is 30.1 Å². The number of nitrogens with one attached hydrogen (secondary N) is 1. The highest BCUT2D eigenvalue weighted by molar-refractivity contribution is 5.93. The van der Waals surface area contributed by atoms with Crippen molar-refractivity contribution >= 4 is 17.6 Å². The molecule has 0 bridgehead atoms. The summed E-state index contributed by atoms with van der Waals surface area (Å²) < 4.78 is 30.4. The first-order valence-corrected chi connectivity index (χ1v) is 5.61. The number of esters is 1. The highest BCUT2D eigenvalue weighted by Gasteiger charge is 2.09. The molecule has 0 aliphatic rings. The third-order valence-corrected chi connectivity index (χ3v) is 2.04. The molecule has 0 fully saturated rings. The Balaban J connectivity index is 2.47. The molecule has 0 heterocycles. The van der Waals surface area contributed by atoms with Crippen LogP contribution in [0.4, 0.5) is 14.5 Å². The molecule has 1 aromatic rings. The molecule has 0 unspecified atom stereocenters. The van der Waals surface area contributed by atoms with Gasteiger partial charge in [-0.15, -0.1) is 0 Å². The van der Waals surface area contributed by atoms with Crippen molar-refractivity contribution in [2.24, 2.45) is 0 Å². The van der Waals surface area contributed by atoms with Gasteiger partial charge in [0, 0.05) is 12.1 Å². The van der Waals surface area contributed by atoms with Crippen molar-refractivity contribution in [3.8, 4) is 0 Å². The van der Waals surface area contributed by atoms with E-state index in [0.717, 1.165) is 12.1 Å². The van der Waals surface area contributed by atoms with Crippen LogP contribution in [0.15, 0.2) is 30.4 Å². The fourth-order valence-corrected chi connectivity index (χ4v) is 1.18. The Kier molecular flexibility index (Phi) is 5.66. The van der Waals surface area contributed by atoms with Crippen molar-refractivity contribution in [3.05, 3.63) is 42.0 Å². The highest BCUT2D eigenvalue weighted by atomic mass is 19.1. The molecule has 6 heteroatoms. The number of allylic oxidation sites excluding steroid dienone is 1. The quantitative estimate of drug-likeness (QED) is 0.659. The second-order valence-corrected chi connectivity index (χ2v) is 3.59. The molecule has 102 valence electrons. The summed E-state index contributed by atoms with van der Waals surface area (Å²) in [6, 6.07) is 2.74. The molecular weight excluding hydrogens is 256 g/mol. The van der Waals surface area contributed by atoms with Crippen LogP contribution in [0.2, 0.25) is 0 Å². The zero-order valence-electron chi connectivity index (χ0n) is 10.3. The van der Waals surface area contributed by atoms with Crippen LogP contribution in [0, 0.1) is 11.6 Å². The Morgan fingerprint density at radius 1 is 1.37 bits per heavy atom. The average molecular weight is 269 g/mol. The molecule has 0 aromatic heterocycles. The van der Waals surface area contributed by atoms with Gasteiger partial charge in [0.15, 0.2) is 6.61 Å². The Bertz CT molecular complexity index is 501. The topological polar surface area (TPSA) is 55.4 Å². The van der Waals surface area contributed by atoms with E-state index in [0.29, 0.717) is 12.5 Å². The van der Waals surface area contributed by atoms with E-state index in [-0.39, 0.29) is 5.69 Å². The first kappa shape index (κ1) is 14.8. The summed E-state index contributed by atoms with van der Waals surface area (Å²) in [7, 11) is 0. The summed E-state index contributed by atoms with van der Waals surface area (Å²) in [4.78, 5) is 22.4. The van der Waals surface area contributed by atoms with E-state index in [4.69, 9.17) is 0 Å². The first-order valence-electron chi connectivity index (χ1n) is 5.61. The van der Waals surface area contributed by atoms with Crippen LogP contribution >= 0.6 is 0 Å². The molecule has 0 saturated carbocycles. The van der Waals surface area contributed by atoms with Gasteiger partial charge in [-0.3, -0.25) is 4.79 Å². The van der Waals surface area contributed by atoms with E-state index in [1.54, 1.807) is 6.08 Å². The van der Waals surface area contributed by atoms with Crippen molar-refractivity contribution in [1.29, 1.82) is 0 Å². The average Bonchev–Trinajstić information content (AvgIpc) is 2.37. The SMILES string of the molecule is CC/C=C/C(=O)OCC(=O)Nc1ccc(F)cc1F. The molecule has 4 nitrogen and oxygen atoms in total. The van der Waals surface area contributed by atoms with Crippen molar-refractivity contribution in [2.75, 3.05) is 11.9 Å². The molecule has 19 heavy (non-hydrogen) atoms. The zero-order chi connectivity index (χ0) is 14.3. The van der Waals surface area contributed by atoms with E-state index >= 15 is 0 Å². The number of benzene rings is 1. The van der Waals surface area contributed by atoms with Gasteiger partial charge in [-0.1, -0.05) is 13.0 Å². The second kappa shape index (κ2) is 7.25. The van der Waals surface area contributed by atoms with Crippen LogP contribution < -0.4 is 5.32 Å². The lowest BCUT2D eigenvalue weighted by Crippen LogP contribution is -2.20. The van der Waals surface area contributed by atoms with Gasteiger partial charge in [-0.25, -0.2) is 13.6 Å². The summed E-state index contributed by atoms with van der Waals surface area (Å²) in [6.07, 6.45) is 3.45. The minimum atomic E-state index is -0.898. The molecule has 0 aliphatic heterocycles. The van der Waals surface area contributed by atoms with Crippen LogP contribution in [-0.4, -0.2) is 18.5 Å². The third kappa shape index (κ3) is 5.29.